The number of fused-ring (bicyclic) bond motifs is 1. The Labute approximate surface area is 204 Å². The average molecular weight is 486 g/mol. The average Bonchev–Trinajstić information content (AvgIpc) is 3.17. The Hall–Kier alpha value is -2.80. The minimum atomic E-state index is -0.652. The fourth-order valence-electron chi connectivity index (χ4n) is 5.47. The second-order valence-corrected chi connectivity index (χ2v) is 9.64. The minimum absolute atomic E-state index is 0.0473. The summed E-state index contributed by atoms with van der Waals surface area (Å²) < 4.78 is 42.0. The third-order valence-electron chi connectivity index (χ3n) is 7.10. The summed E-state index contributed by atoms with van der Waals surface area (Å²) in [5.74, 6) is -1.12. The van der Waals surface area contributed by atoms with E-state index in [4.69, 9.17) is 0 Å². The largest absolute Gasteiger partial charge is 0.353 e. The van der Waals surface area contributed by atoms with E-state index in [0.29, 0.717) is 36.3 Å². The third-order valence-corrected chi connectivity index (χ3v) is 7.10. The first-order chi connectivity index (χ1) is 16.9. The van der Waals surface area contributed by atoms with Crippen LogP contribution in [-0.2, 0) is 4.79 Å². The Morgan fingerprint density at radius 2 is 1.80 bits per heavy atom. The van der Waals surface area contributed by atoms with Crippen molar-refractivity contribution in [3.8, 4) is 11.3 Å². The van der Waals surface area contributed by atoms with Crippen molar-refractivity contribution in [1.29, 1.82) is 0 Å². The third kappa shape index (κ3) is 5.56. The second-order valence-electron chi connectivity index (χ2n) is 9.64. The van der Waals surface area contributed by atoms with E-state index in [1.807, 2.05) is 13.8 Å². The number of piperidine rings is 1. The van der Waals surface area contributed by atoms with Gasteiger partial charge in [-0.25, -0.2) is 13.2 Å². The first-order valence-corrected chi connectivity index (χ1v) is 12.6. The molecular formula is C28H34F3N3O. The number of likely N-dealkylation sites (tertiary alicyclic amines) is 1. The number of rotatable bonds is 5. The molecule has 1 aliphatic heterocycles. The molecular weight excluding hydrogens is 451 g/mol. The van der Waals surface area contributed by atoms with Gasteiger partial charge in [0, 0.05) is 30.5 Å². The second kappa shape index (κ2) is 10.9. The molecule has 1 aliphatic carbocycles. The molecule has 1 atom stereocenters. The maximum Gasteiger partial charge on any atom is 0.220 e. The van der Waals surface area contributed by atoms with Gasteiger partial charge in [-0.1, -0.05) is 13.8 Å². The Morgan fingerprint density at radius 3 is 2.49 bits per heavy atom. The minimum Gasteiger partial charge on any atom is -0.353 e. The SMILES string of the molecule is CC.CN1CCCC(CC(=O)NC2CC(c3c(-c4ccc(F)cc4)[nH]c4c(F)cc(F)cc34)C2)C1. The highest BCUT2D eigenvalue weighted by Crippen LogP contribution is 2.45. The molecule has 1 aromatic heterocycles. The zero-order chi connectivity index (χ0) is 25.1. The fraction of sp³-hybridized carbons (Fsp3) is 0.464. The van der Waals surface area contributed by atoms with Crippen molar-refractivity contribution >= 4 is 16.8 Å². The van der Waals surface area contributed by atoms with Gasteiger partial charge in [-0.2, -0.15) is 0 Å². The molecule has 5 rings (SSSR count). The number of aromatic nitrogens is 1. The van der Waals surface area contributed by atoms with E-state index in [2.05, 4.69) is 22.2 Å². The van der Waals surface area contributed by atoms with Gasteiger partial charge in [0.1, 0.15) is 17.5 Å². The molecule has 2 aliphatic rings. The van der Waals surface area contributed by atoms with Gasteiger partial charge < -0.3 is 15.2 Å². The molecule has 0 bridgehead atoms. The molecule has 0 spiro atoms. The zero-order valence-electron chi connectivity index (χ0n) is 20.6. The standard InChI is InChI=1S/C26H28F3N3O.C2H6/c1-32-8-2-3-15(14-32)9-23(33)30-20-10-17(11-20)24-21-12-19(28)13-22(29)26(21)31-25(24)16-4-6-18(27)7-5-16;1-2/h4-7,12-13,15,17,20,31H,2-3,8-11,14H2,1H3,(H,30,33);1-2H3. The molecule has 2 N–H and O–H groups in total. The van der Waals surface area contributed by atoms with Gasteiger partial charge in [0.2, 0.25) is 5.91 Å². The van der Waals surface area contributed by atoms with Crippen LogP contribution in [0.15, 0.2) is 36.4 Å². The van der Waals surface area contributed by atoms with E-state index < -0.39 is 11.6 Å². The van der Waals surface area contributed by atoms with Gasteiger partial charge in [0.05, 0.1) is 11.2 Å². The Morgan fingerprint density at radius 1 is 1.09 bits per heavy atom. The van der Waals surface area contributed by atoms with Crippen LogP contribution in [0.4, 0.5) is 13.2 Å². The summed E-state index contributed by atoms with van der Waals surface area (Å²) in [6.07, 6.45) is 4.15. The fourth-order valence-corrected chi connectivity index (χ4v) is 5.47. The Kier molecular flexibility index (Phi) is 7.85. The summed E-state index contributed by atoms with van der Waals surface area (Å²) in [6.45, 7) is 6.04. The Bertz CT molecular complexity index is 1170. The van der Waals surface area contributed by atoms with Gasteiger partial charge >= 0.3 is 0 Å². The maximum atomic E-state index is 14.5. The first kappa shape index (κ1) is 25.3. The van der Waals surface area contributed by atoms with Crippen LogP contribution in [0.5, 0.6) is 0 Å². The smallest absolute Gasteiger partial charge is 0.220 e. The molecule has 2 heterocycles. The van der Waals surface area contributed by atoms with Gasteiger partial charge in [0.15, 0.2) is 0 Å². The van der Waals surface area contributed by atoms with Crippen molar-refractivity contribution in [1.82, 2.24) is 15.2 Å². The summed E-state index contributed by atoms with van der Waals surface area (Å²) in [5.41, 5.74) is 2.47. The number of carbonyl (C=O) groups excluding carboxylic acids is 1. The molecule has 1 unspecified atom stereocenters. The molecule has 4 nitrogen and oxygen atoms in total. The summed E-state index contributed by atoms with van der Waals surface area (Å²) in [5, 5.41) is 3.65. The molecule has 35 heavy (non-hydrogen) atoms. The van der Waals surface area contributed by atoms with Gasteiger partial charge in [-0.15, -0.1) is 0 Å². The number of nitrogens with one attached hydrogen (secondary N) is 2. The number of hydrogen-bond acceptors (Lipinski definition) is 2. The number of amides is 1. The predicted octanol–water partition coefficient (Wildman–Crippen LogP) is 6.37. The number of benzene rings is 2. The van der Waals surface area contributed by atoms with E-state index in [9.17, 15) is 18.0 Å². The van der Waals surface area contributed by atoms with Crippen LogP contribution in [0.3, 0.4) is 0 Å². The lowest BCUT2D eigenvalue weighted by Crippen LogP contribution is -2.44. The number of aromatic amines is 1. The van der Waals surface area contributed by atoms with Crippen LogP contribution in [-0.4, -0.2) is 42.0 Å². The van der Waals surface area contributed by atoms with Gasteiger partial charge in [-0.05, 0) is 92.6 Å². The molecule has 188 valence electrons. The van der Waals surface area contributed by atoms with Gasteiger partial charge in [-0.3, -0.25) is 4.79 Å². The number of H-pyrrole nitrogens is 1. The molecule has 1 saturated carbocycles. The molecule has 1 amide bonds. The van der Waals surface area contributed by atoms with E-state index in [0.717, 1.165) is 43.1 Å². The van der Waals surface area contributed by atoms with Crippen LogP contribution in [0.2, 0.25) is 0 Å². The van der Waals surface area contributed by atoms with Crippen molar-refractivity contribution in [2.24, 2.45) is 5.92 Å². The summed E-state index contributed by atoms with van der Waals surface area (Å²) in [7, 11) is 2.09. The summed E-state index contributed by atoms with van der Waals surface area (Å²) >= 11 is 0. The van der Waals surface area contributed by atoms with Crippen LogP contribution >= 0.6 is 0 Å². The van der Waals surface area contributed by atoms with Gasteiger partial charge in [0.25, 0.3) is 0 Å². The number of nitrogens with zero attached hydrogens (tertiary/aromatic N) is 1. The molecule has 2 aromatic carbocycles. The van der Waals surface area contributed by atoms with Crippen LogP contribution in [0, 0.1) is 23.4 Å². The van der Waals surface area contributed by atoms with E-state index in [1.165, 1.54) is 18.2 Å². The van der Waals surface area contributed by atoms with Crippen LogP contribution < -0.4 is 5.32 Å². The maximum absolute atomic E-state index is 14.5. The topological polar surface area (TPSA) is 48.1 Å². The molecule has 3 aromatic rings. The first-order valence-electron chi connectivity index (χ1n) is 12.6. The lowest BCUT2D eigenvalue weighted by Gasteiger charge is -2.37. The number of halogens is 3. The zero-order valence-corrected chi connectivity index (χ0v) is 20.6. The lowest BCUT2D eigenvalue weighted by molar-refractivity contribution is -0.123. The summed E-state index contributed by atoms with van der Waals surface area (Å²) in [4.78, 5) is 17.9. The van der Waals surface area contributed by atoms with Crippen molar-refractivity contribution in [2.75, 3.05) is 20.1 Å². The van der Waals surface area contributed by atoms with Crippen molar-refractivity contribution in [3.63, 3.8) is 0 Å². The predicted molar refractivity (Wildman–Crippen MR) is 134 cm³/mol. The number of hydrogen-bond donors (Lipinski definition) is 2. The van der Waals surface area contributed by atoms with E-state index >= 15 is 0 Å². The normalized spacial score (nSPS) is 22.3. The van der Waals surface area contributed by atoms with Crippen molar-refractivity contribution < 1.29 is 18.0 Å². The van der Waals surface area contributed by atoms with E-state index in [1.54, 1.807) is 12.1 Å². The molecule has 1 saturated heterocycles. The highest BCUT2D eigenvalue weighted by Gasteiger charge is 2.36. The highest BCUT2D eigenvalue weighted by molar-refractivity contribution is 5.92. The quantitative estimate of drug-likeness (QED) is 0.441. The Balaban J connectivity index is 0.00000141. The lowest BCUT2D eigenvalue weighted by atomic mass is 9.74. The van der Waals surface area contributed by atoms with Crippen LogP contribution in [0.25, 0.3) is 22.2 Å². The highest BCUT2D eigenvalue weighted by atomic mass is 19.1. The van der Waals surface area contributed by atoms with Crippen molar-refractivity contribution in [3.05, 3.63) is 59.4 Å². The summed E-state index contributed by atoms with van der Waals surface area (Å²) in [6, 6.07) is 8.25. The van der Waals surface area contributed by atoms with E-state index in [-0.39, 0.29) is 29.2 Å². The molecule has 0 radical (unpaired) electrons. The molecule has 2 fully saturated rings. The van der Waals surface area contributed by atoms with Crippen molar-refractivity contribution in [2.45, 2.75) is 57.9 Å². The number of carbonyl (C=O) groups is 1. The van der Waals surface area contributed by atoms with Crippen LogP contribution in [0.1, 0.15) is 57.4 Å². The molecule has 7 heteroatoms. The monoisotopic (exact) mass is 485 g/mol.